The van der Waals surface area contributed by atoms with E-state index in [1.807, 2.05) is 53.9 Å². The van der Waals surface area contributed by atoms with E-state index in [4.69, 9.17) is 4.74 Å². The van der Waals surface area contributed by atoms with Crippen LogP contribution in [0.4, 0.5) is 16.5 Å². The largest absolute Gasteiger partial charge is 0.488 e. The fourth-order valence-corrected chi connectivity index (χ4v) is 4.97. The zero-order chi connectivity index (χ0) is 28.6. The van der Waals surface area contributed by atoms with Crippen LogP contribution in [0.15, 0.2) is 112 Å². The van der Waals surface area contributed by atoms with Crippen LogP contribution in [0.5, 0.6) is 5.75 Å². The number of nitro benzene ring substituents is 1. The number of anilines is 2. The predicted octanol–water partition coefficient (Wildman–Crippen LogP) is 7.57. The second kappa shape index (κ2) is 13.0. The summed E-state index contributed by atoms with van der Waals surface area (Å²) in [5.41, 5.74) is 7.30. The monoisotopic (exact) mass is 627 g/mol. The third kappa shape index (κ3) is 7.41. The van der Waals surface area contributed by atoms with E-state index < -0.39 is 4.92 Å². The molecule has 5 rings (SSSR count). The molecule has 9 nitrogen and oxygen atoms in total. The van der Waals surface area contributed by atoms with Gasteiger partial charge in [0.15, 0.2) is 5.13 Å². The maximum Gasteiger partial charge on any atom is 0.271 e. The number of halogens is 1. The van der Waals surface area contributed by atoms with Crippen LogP contribution in [0.25, 0.3) is 11.3 Å². The molecule has 0 saturated carbocycles. The molecule has 2 N–H and O–H groups in total. The highest BCUT2D eigenvalue weighted by Gasteiger charge is 2.09. The first-order valence-corrected chi connectivity index (χ1v) is 14.0. The molecule has 5 aromatic rings. The van der Waals surface area contributed by atoms with Crippen LogP contribution in [0.1, 0.15) is 21.5 Å². The number of nitrogens with one attached hydrogen (secondary N) is 2. The maximum atomic E-state index is 12.6. The lowest BCUT2D eigenvalue weighted by Gasteiger charge is -2.09. The molecule has 0 atom stereocenters. The van der Waals surface area contributed by atoms with Crippen LogP contribution in [-0.2, 0) is 6.61 Å². The molecule has 0 saturated heterocycles. The quantitative estimate of drug-likeness (QED) is 0.0936. The number of nitro groups is 1. The van der Waals surface area contributed by atoms with Gasteiger partial charge in [-0.05, 0) is 81.7 Å². The van der Waals surface area contributed by atoms with E-state index in [0.29, 0.717) is 15.8 Å². The Balaban J connectivity index is 1.13. The lowest BCUT2D eigenvalue weighted by atomic mass is 10.1. The van der Waals surface area contributed by atoms with Crippen molar-refractivity contribution < 1.29 is 14.5 Å². The number of ether oxygens (including phenoxy) is 1. The summed E-state index contributed by atoms with van der Waals surface area (Å²) in [4.78, 5) is 27.6. The van der Waals surface area contributed by atoms with Crippen molar-refractivity contribution in [1.82, 2.24) is 10.4 Å². The number of hydrogen-bond acceptors (Lipinski definition) is 8. The van der Waals surface area contributed by atoms with Crippen LogP contribution in [0, 0.1) is 10.1 Å². The predicted molar refractivity (Wildman–Crippen MR) is 164 cm³/mol. The second-order valence-corrected chi connectivity index (χ2v) is 10.4. The van der Waals surface area contributed by atoms with Gasteiger partial charge in [0.25, 0.3) is 11.6 Å². The number of hydrazone groups is 1. The highest BCUT2D eigenvalue weighted by atomic mass is 79.9. The van der Waals surface area contributed by atoms with Gasteiger partial charge in [-0.2, -0.15) is 5.10 Å². The maximum absolute atomic E-state index is 12.6. The van der Waals surface area contributed by atoms with Gasteiger partial charge in [0.05, 0.1) is 21.3 Å². The molecule has 0 aliphatic rings. The summed E-state index contributed by atoms with van der Waals surface area (Å²) in [6.45, 7) is 0.257. The summed E-state index contributed by atoms with van der Waals surface area (Å²) in [7, 11) is 0. The Bertz CT molecular complexity index is 1690. The molecule has 1 heterocycles. The Morgan fingerprint density at radius 3 is 2.49 bits per heavy atom. The van der Waals surface area contributed by atoms with Crippen LogP contribution in [0.3, 0.4) is 0 Å². The fraction of sp³-hybridized carbons (Fsp3) is 0.0333. The molecule has 4 aromatic carbocycles. The highest BCUT2D eigenvalue weighted by molar-refractivity contribution is 9.10. The molecule has 0 fully saturated rings. The summed E-state index contributed by atoms with van der Waals surface area (Å²) < 4.78 is 6.51. The number of carbonyl (C=O) groups excluding carboxylic acids is 1. The topological polar surface area (TPSA) is 119 Å². The van der Waals surface area contributed by atoms with Crippen molar-refractivity contribution >= 4 is 55.9 Å². The van der Waals surface area contributed by atoms with Gasteiger partial charge in [0.2, 0.25) is 0 Å². The molecule has 11 heteroatoms. The first-order chi connectivity index (χ1) is 19.9. The first kappa shape index (κ1) is 27.7. The van der Waals surface area contributed by atoms with E-state index in [2.05, 4.69) is 36.8 Å². The van der Waals surface area contributed by atoms with Gasteiger partial charge in [0, 0.05) is 34.3 Å². The zero-order valence-corrected chi connectivity index (χ0v) is 23.8. The molecule has 0 aliphatic heterocycles. The second-order valence-electron chi connectivity index (χ2n) is 8.71. The van der Waals surface area contributed by atoms with Crippen LogP contribution in [0.2, 0.25) is 0 Å². The van der Waals surface area contributed by atoms with Gasteiger partial charge in [-0.25, -0.2) is 10.4 Å². The number of carbonyl (C=O) groups is 1. The minimum atomic E-state index is -0.441. The van der Waals surface area contributed by atoms with Crippen LogP contribution < -0.4 is 15.5 Å². The van der Waals surface area contributed by atoms with Gasteiger partial charge < -0.3 is 10.1 Å². The summed E-state index contributed by atoms with van der Waals surface area (Å²) in [6.07, 6.45) is 1.54. The Morgan fingerprint density at radius 2 is 1.78 bits per heavy atom. The number of rotatable bonds is 10. The summed E-state index contributed by atoms with van der Waals surface area (Å²) in [5.74, 6) is 0.271. The number of thiazole rings is 1. The van der Waals surface area contributed by atoms with Gasteiger partial charge in [-0.3, -0.25) is 14.9 Å². The van der Waals surface area contributed by atoms with Crippen molar-refractivity contribution in [3.05, 3.63) is 134 Å². The van der Waals surface area contributed by atoms with E-state index in [-0.39, 0.29) is 18.2 Å². The van der Waals surface area contributed by atoms with Crippen molar-refractivity contribution in [2.75, 3.05) is 5.32 Å². The molecule has 41 heavy (non-hydrogen) atoms. The molecule has 0 bridgehead atoms. The number of non-ortho nitro benzene ring substituents is 1. The molecule has 0 spiro atoms. The van der Waals surface area contributed by atoms with Gasteiger partial charge >= 0.3 is 0 Å². The van der Waals surface area contributed by atoms with Gasteiger partial charge in [0.1, 0.15) is 12.4 Å². The average Bonchev–Trinajstić information content (AvgIpc) is 3.46. The highest BCUT2D eigenvalue weighted by Crippen LogP contribution is 2.28. The number of aromatic nitrogens is 1. The summed E-state index contributed by atoms with van der Waals surface area (Å²) in [6, 6.07) is 28.6. The molecule has 1 aromatic heterocycles. The molecule has 0 unspecified atom stereocenters. The molecular formula is C30H22BrN5O4S. The zero-order valence-electron chi connectivity index (χ0n) is 21.4. The van der Waals surface area contributed by atoms with Crippen molar-refractivity contribution in [2.24, 2.45) is 5.10 Å². The van der Waals surface area contributed by atoms with Crippen LogP contribution in [-0.4, -0.2) is 22.0 Å². The van der Waals surface area contributed by atoms with Crippen molar-refractivity contribution in [2.45, 2.75) is 6.61 Å². The van der Waals surface area contributed by atoms with E-state index >= 15 is 0 Å². The Morgan fingerprint density at radius 1 is 1.02 bits per heavy atom. The standard InChI is InChI=1S/C30H22BrN5O4S/c31-26-16-21(8-15-28(26)40-18-20-6-13-25(14-7-20)36(38)39)17-32-35-29(37)23-11-9-22(10-12-23)27-19-41-30(34-27)33-24-4-2-1-3-5-24/h1-17,19H,18H2,(H,33,34)(H,35,37)/b32-17-. The average molecular weight is 629 g/mol. The molecule has 0 radical (unpaired) electrons. The van der Waals surface area contributed by atoms with Crippen molar-refractivity contribution in [3.63, 3.8) is 0 Å². The van der Waals surface area contributed by atoms with E-state index in [1.165, 1.54) is 29.7 Å². The number of hydrogen-bond donors (Lipinski definition) is 2. The number of benzene rings is 4. The Labute approximate surface area is 247 Å². The van der Waals surface area contributed by atoms with E-state index in [9.17, 15) is 14.9 Å². The summed E-state index contributed by atoms with van der Waals surface area (Å²) >= 11 is 4.99. The van der Waals surface area contributed by atoms with E-state index in [0.717, 1.165) is 33.2 Å². The van der Waals surface area contributed by atoms with Gasteiger partial charge in [-0.1, -0.05) is 30.3 Å². The normalized spacial score (nSPS) is 10.9. The first-order valence-electron chi connectivity index (χ1n) is 12.3. The summed E-state index contributed by atoms with van der Waals surface area (Å²) in [5, 5.41) is 20.9. The number of amides is 1. The third-order valence-corrected chi connectivity index (χ3v) is 7.23. The lowest BCUT2D eigenvalue weighted by molar-refractivity contribution is -0.384. The Kier molecular flexibility index (Phi) is 8.77. The minimum absolute atomic E-state index is 0.0318. The smallest absolute Gasteiger partial charge is 0.271 e. The molecule has 1 amide bonds. The third-order valence-electron chi connectivity index (χ3n) is 5.85. The number of para-hydroxylation sites is 1. The molecule has 0 aliphatic carbocycles. The number of nitrogens with zero attached hydrogens (tertiary/aromatic N) is 3. The fourth-order valence-electron chi connectivity index (χ4n) is 3.72. The SMILES string of the molecule is O=C(N/N=C\c1ccc(OCc2ccc([N+](=O)[O-])cc2)c(Br)c1)c1ccc(-c2csc(Nc3ccccc3)n2)cc1. The lowest BCUT2D eigenvalue weighted by Crippen LogP contribution is -2.17. The minimum Gasteiger partial charge on any atom is -0.488 e. The molecular weight excluding hydrogens is 606 g/mol. The van der Waals surface area contributed by atoms with Gasteiger partial charge in [-0.15, -0.1) is 11.3 Å². The Hall–Kier alpha value is -4.87. The molecule has 204 valence electrons. The van der Waals surface area contributed by atoms with Crippen molar-refractivity contribution in [3.8, 4) is 17.0 Å². The van der Waals surface area contributed by atoms with E-state index in [1.54, 1.807) is 36.4 Å². The van der Waals surface area contributed by atoms with Crippen LogP contribution >= 0.6 is 27.3 Å². The van der Waals surface area contributed by atoms with Crippen molar-refractivity contribution in [1.29, 1.82) is 0 Å².